The van der Waals surface area contributed by atoms with Crippen LogP contribution in [0.15, 0.2) is 18.5 Å². The first kappa shape index (κ1) is 6.33. The van der Waals surface area contributed by atoms with Crippen LogP contribution in [0.4, 0.5) is 0 Å². The lowest BCUT2D eigenvalue weighted by Crippen LogP contribution is -2.03. The highest BCUT2D eigenvalue weighted by Crippen LogP contribution is 2.05. The molecule has 0 aromatic carbocycles. The number of hydrogen-bond acceptors (Lipinski definition) is 1. The molecule has 0 bridgehead atoms. The van der Waals surface area contributed by atoms with Gasteiger partial charge in [-0.15, -0.1) is 0 Å². The first-order chi connectivity index (χ1) is 4.34. The summed E-state index contributed by atoms with van der Waals surface area (Å²) in [6, 6.07) is 2.35. The number of aromatic nitrogens is 2. The van der Waals surface area contributed by atoms with Crippen molar-refractivity contribution in [3.8, 4) is 0 Å². The van der Waals surface area contributed by atoms with Crippen molar-refractivity contribution in [1.29, 1.82) is 0 Å². The highest BCUT2D eigenvalue weighted by atomic mass is 15.3. The molecule has 9 heavy (non-hydrogen) atoms. The Kier molecular flexibility index (Phi) is 1.88. The van der Waals surface area contributed by atoms with E-state index < -0.39 is 0 Å². The van der Waals surface area contributed by atoms with Crippen LogP contribution in [-0.2, 0) is 0 Å². The van der Waals surface area contributed by atoms with Crippen LogP contribution in [0.2, 0.25) is 0 Å². The Labute approximate surface area is 55.5 Å². The molecule has 0 saturated carbocycles. The third-order valence-corrected chi connectivity index (χ3v) is 1.39. The molecule has 2 nitrogen and oxygen atoms in total. The lowest BCUT2D eigenvalue weighted by Gasteiger charge is -2.06. The summed E-state index contributed by atoms with van der Waals surface area (Å²) in [6.07, 6.45) is 4.63. The standard InChI is InChI=1S/C7H11N2/c1-3-7(2)9-6-4-5-8-9/h4-7H,1,3H2,2H3. The smallest absolute Gasteiger partial charge is 0.0491 e. The molecule has 0 amide bonds. The Balaban J connectivity index is 2.65. The van der Waals surface area contributed by atoms with Gasteiger partial charge < -0.3 is 0 Å². The Morgan fingerprint density at radius 3 is 3.00 bits per heavy atom. The van der Waals surface area contributed by atoms with Crippen LogP contribution in [0.1, 0.15) is 19.4 Å². The summed E-state index contributed by atoms with van der Waals surface area (Å²) in [6.45, 7) is 5.88. The van der Waals surface area contributed by atoms with Gasteiger partial charge in [-0.05, 0) is 19.4 Å². The molecule has 0 aliphatic rings. The molecule has 0 aliphatic heterocycles. The second-order valence-electron chi connectivity index (χ2n) is 2.12. The molecule has 49 valence electrons. The lowest BCUT2D eigenvalue weighted by molar-refractivity contribution is 0.495. The van der Waals surface area contributed by atoms with Gasteiger partial charge in [0.15, 0.2) is 0 Å². The summed E-state index contributed by atoms with van der Waals surface area (Å²) < 4.78 is 1.91. The zero-order chi connectivity index (χ0) is 6.69. The molecule has 1 radical (unpaired) electrons. The van der Waals surface area contributed by atoms with Gasteiger partial charge in [-0.25, -0.2) is 0 Å². The van der Waals surface area contributed by atoms with E-state index in [1.165, 1.54) is 0 Å². The van der Waals surface area contributed by atoms with E-state index in [9.17, 15) is 0 Å². The highest BCUT2D eigenvalue weighted by molar-refractivity contribution is 4.80. The fourth-order valence-corrected chi connectivity index (χ4v) is 0.674. The molecule has 1 aromatic heterocycles. The van der Waals surface area contributed by atoms with E-state index in [2.05, 4.69) is 18.9 Å². The minimum absolute atomic E-state index is 0.431. The average molecular weight is 123 g/mol. The van der Waals surface area contributed by atoms with Gasteiger partial charge in [-0.3, -0.25) is 4.68 Å². The first-order valence-electron chi connectivity index (χ1n) is 3.13. The van der Waals surface area contributed by atoms with Crippen molar-refractivity contribution in [2.24, 2.45) is 0 Å². The van der Waals surface area contributed by atoms with Crippen molar-refractivity contribution in [2.45, 2.75) is 19.4 Å². The normalized spacial score (nSPS) is 13.6. The van der Waals surface area contributed by atoms with Gasteiger partial charge in [0.1, 0.15) is 0 Å². The molecule has 0 aliphatic carbocycles. The minimum atomic E-state index is 0.431. The molecule has 2 heteroatoms. The van der Waals surface area contributed by atoms with Crippen LogP contribution in [0.25, 0.3) is 0 Å². The molecule has 0 N–H and O–H groups in total. The summed E-state index contributed by atoms with van der Waals surface area (Å²) in [5, 5.41) is 4.06. The SMILES string of the molecule is [CH2]CC(C)n1cccn1. The van der Waals surface area contributed by atoms with E-state index in [0.29, 0.717) is 6.04 Å². The van der Waals surface area contributed by atoms with Gasteiger partial charge in [-0.2, -0.15) is 5.10 Å². The van der Waals surface area contributed by atoms with Crippen molar-refractivity contribution in [3.05, 3.63) is 25.4 Å². The van der Waals surface area contributed by atoms with E-state index in [0.717, 1.165) is 6.42 Å². The van der Waals surface area contributed by atoms with Crippen molar-refractivity contribution in [3.63, 3.8) is 0 Å². The second-order valence-corrected chi connectivity index (χ2v) is 2.12. The van der Waals surface area contributed by atoms with E-state index in [4.69, 9.17) is 0 Å². The maximum absolute atomic E-state index is 4.06. The monoisotopic (exact) mass is 123 g/mol. The fourth-order valence-electron chi connectivity index (χ4n) is 0.674. The first-order valence-corrected chi connectivity index (χ1v) is 3.13. The molecule has 1 unspecified atom stereocenters. The van der Waals surface area contributed by atoms with Crippen LogP contribution in [-0.4, -0.2) is 9.78 Å². The molecule has 1 heterocycles. The summed E-state index contributed by atoms with van der Waals surface area (Å²) >= 11 is 0. The zero-order valence-corrected chi connectivity index (χ0v) is 5.62. The molecule has 0 fully saturated rings. The Hall–Kier alpha value is -0.790. The Morgan fingerprint density at radius 2 is 2.56 bits per heavy atom. The van der Waals surface area contributed by atoms with E-state index in [1.54, 1.807) is 6.20 Å². The number of hydrogen-bond donors (Lipinski definition) is 0. The van der Waals surface area contributed by atoms with Crippen molar-refractivity contribution < 1.29 is 0 Å². The molecule has 1 atom stereocenters. The van der Waals surface area contributed by atoms with Crippen LogP contribution in [0.3, 0.4) is 0 Å². The molecule has 0 spiro atoms. The lowest BCUT2D eigenvalue weighted by atomic mass is 10.3. The topological polar surface area (TPSA) is 17.8 Å². The summed E-state index contributed by atoms with van der Waals surface area (Å²) in [4.78, 5) is 0. The second kappa shape index (κ2) is 2.67. The van der Waals surface area contributed by atoms with Crippen molar-refractivity contribution in [1.82, 2.24) is 9.78 Å². The zero-order valence-electron chi connectivity index (χ0n) is 5.62. The predicted molar refractivity (Wildman–Crippen MR) is 36.9 cm³/mol. The largest absolute Gasteiger partial charge is 0.270 e. The Bertz CT molecular complexity index is 155. The third-order valence-electron chi connectivity index (χ3n) is 1.39. The minimum Gasteiger partial charge on any atom is -0.270 e. The molecule has 1 aromatic rings. The Morgan fingerprint density at radius 1 is 1.78 bits per heavy atom. The quantitative estimate of drug-likeness (QED) is 0.585. The number of nitrogens with zero attached hydrogens (tertiary/aromatic N) is 2. The molecule has 1 rings (SSSR count). The summed E-state index contributed by atoms with van der Waals surface area (Å²) in [5.74, 6) is 0. The van der Waals surface area contributed by atoms with Crippen LogP contribution < -0.4 is 0 Å². The molecular weight excluding hydrogens is 112 g/mol. The highest BCUT2D eigenvalue weighted by Gasteiger charge is 1.97. The van der Waals surface area contributed by atoms with Gasteiger partial charge in [0.25, 0.3) is 0 Å². The third kappa shape index (κ3) is 1.31. The maximum Gasteiger partial charge on any atom is 0.0491 e. The molecule has 0 saturated heterocycles. The predicted octanol–water partition coefficient (Wildman–Crippen LogP) is 1.67. The summed E-state index contributed by atoms with van der Waals surface area (Å²) in [5.41, 5.74) is 0. The average Bonchev–Trinajstić information content (AvgIpc) is 2.37. The van der Waals surface area contributed by atoms with Crippen LogP contribution >= 0.6 is 0 Å². The van der Waals surface area contributed by atoms with E-state index in [-0.39, 0.29) is 0 Å². The molecular formula is C7H11N2. The maximum atomic E-state index is 4.06. The van der Waals surface area contributed by atoms with Gasteiger partial charge >= 0.3 is 0 Å². The van der Waals surface area contributed by atoms with Gasteiger partial charge in [0.05, 0.1) is 0 Å². The van der Waals surface area contributed by atoms with Gasteiger partial charge in [0, 0.05) is 18.4 Å². The van der Waals surface area contributed by atoms with Gasteiger partial charge in [0.2, 0.25) is 0 Å². The van der Waals surface area contributed by atoms with E-state index in [1.807, 2.05) is 16.9 Å². The summed E-state index contributed by atoms with van der Waals surface area (Å²) in [7, 11) is 0. The van der Waals surface area contributed by atoms with Crippen molar-refractivity contribution in [2.75, 3.05) is 0 Å². The fraction of sp³-hybridized carbons (Fsp3) is 0.429. The van der Waals surface area contributed by atoms with E-state index >= 15 is 0 Å². The van der Waals surface area contributed by atoms with Crippen molar-refractivity contribution >= 4 is 0 Å². The van der Waals surface area contributed by atoms with Crippen LogP contribution in [0.5, 0.6) is 0 Å². The number of rotatable bonds is 2. The van der Waals surface area contributed by atoms with Gasteiger partial charge in [-0.1, -0.05) is 6.92 Å². The van der Waals surface area contributed by atoms with Crippen LogP contribution in [0, 0.1) is 6.92 Å².